The summed E-state index contributed by atoms with van der Waals surface area (Å²) >= 11 is 7.41. The van der Waals surface area contributed by atoms with Crippen LogP contribution in [0.1, 0.15) is 39.0 Å². The van der Waals surface area contributed by atoms with Crippen LogP contribution in [0.5, 0.6) is 0 Å². The Labute approximate surface area is 102 Å². The van der Waals surface area contributed by atoms with E-state index in [-0.39, 0.29) is 17.2 Å². The van der Waals surface area contributed by atoms with Crippen molar-refractivity contribution in [2.75, 3.05) is 11.6 Å². The first-order valence-electron chi connectivity index (χ1n) is 5.72. The van der Waals surface area contributed by atoms with E-state index in [1.165, 1.54) is 12.8 Å². The van der Waals surface area contributed by atoms with E-state index in [9.17, 15) is 4.79 Å². The van der Waals surface area contributed by atoms with Gasteiger partial charge in [-0.3, -0.25) is 4.79 Å². The van der Waals surface area contributed by atoms with Crippen molar-refractivity contribution < 1.29 is 4.79 Å². The van der Waals surface area contributed by atoms with Crippen LogP contribution in [0.25, 0.3) is 0 Å². The van der Waals surface area contributed by atoms with E-state index < -0.39 is 0 Å². The van der Waals surface area contributed by atoms with Crippen LogP contribution in [0.2, 0.25) is 0 Å². The topological polar surface area (TPSA) is 29.1 Å². The summed E-state index contributed by atoms with van der Waals surface area (Å²) in [6.07, 6.45) is 5.45. The lowest BCUT2D eigenvalue weighted by atomic mass is 10.1. The molecule has 0 aliphatic carbocycles. The van der Waals surface area contributed by atoms with Gasteiger partial charge in [-0.1, -0.05) is 6.42 Å². The van der Waals surface area contributed by atoms with Gasteiger partial charge in [-0.2, -0.15) is 0 Å². The highest BCUT2D eigenvalue weighted by atomic mass is 35.5. The summed E-state index contributed by atoms with van der Waals surface area (Å²) in [7, 11) is 0. The van der Waals surface area contributed by atoms with Crippen LogP contribution in [0, 0.1) is 0 Å². The second kappa shape index (κ2) is 7.39. The fourth-order valence-corrected chi connectivity index (χ4v) is 3.10. The van der Waals surface area contributed by atoms with E-state index in [0.29, 0.717) is 5.88 Å². The third kappa shape index (κ3) is 5.12. The summed E-state index contributed by atoms with van der Waals surface area (Å²) in [5.41, 5.74) is 0. The van der Waals surface area contributed by atoms with Gasteiger partial charge in [-0.05, 0) is 38.4 Å². The van der Waals surface area contributed by atoms with Crippen molar-refractivity contribution in [2.24, 2.45) is 0 Å². The van der Waals surface area contributed by atoms with E-state index in [1.54, 1.807) is 11.8 Å². The molecule has 1 saturated heterocycles. The second-order valence-electron chi connectivity index (χ2n) is 4.10. The summed E-state index contributed by atoms with van der Waals surface area (Å²) in [6, 6.07) is 0.263. The van der Waals surface area contributed by atoms with Crippen LogP contribution in [0.15, 0.2) is 0 Å². The number of rotatable bonds is 5. The summed E-state index contributed by atoms with van der Waals surface area (Å²) in [5, 5.41) is 3.26. The van der Waals surface area contributed by atoms with Crippen molar-refractivity contribution >= 4 is 29.3 Å². The number of hydrogen-bond donors (Lipinski definition) is 1. The Morgan fingerprint density at radius 3 is 3.00 bits per heavy atom. The highest BCUT2D eigenvalue weighted by molar-refractivity contribution is 8.00. The standard InChI is InChI=1S/C11H20ClNOS/c1-9(5-4-7-12)13-11(14)10-6-2-3-8-15-10/h9-10H,2-8H2,1H3,(H,13,14). The lowest BCUT2D eigenvalue weighted by Crippen LogP contribution is -2.39. The molecule has 15 heavy (non-hydrogen) atoms. The maximum absolute atomic E-state index is 11.8. The first-order chi connectivity index (χ1) is 7.24. The Bertz CT molecular complexity index is 195. The Morgan fingerprint density at radius 1 is 1.60 bits per heavy atom. The molecule has 2 nitrogen and oxygen atoms in total. The molecule has 0 radical (unpaired) electrons. The van der Waals surface area contributed by atoms with Crippen LogP contribution in [0.3, 0.4) is 0 Å². The summed E-state index contributed by atoms with van der Waals surface area (Å²) in [6.45, 7) is 2.05. The molecule has 0 aromatic carbocycles. The second-order valence-corrected chi connectivity index (χ2v) is 5.78. The smallest absolute Gasteiger partial charge is 0.233 e. The SMILES string of the molecule is CC(CCCCl)NC(=O)C1CCCCS1. The molecular weight excluding hydrogens is 230 g/mol. The molecule has 0 saturated carbocycles. The van der Waals surface area contributed by atoms with Gasteiger partial charge in [0.15, 0.2) is 0 Å². The number of carbonyl (C=O) groups is 1. The molecular formula is C11H20ClNOS. The zero-order valence-electron chi connectivity index (χ0n) is 9.30. The minimum absolute atomic E-state index is 0.192. The molecule has 1 aliphatic rings. The predicted octanol–water partition coefficient (Wildman–Crippen LogP) is 2.80. The van der Waals surface area contributed by atoms with Crippen LogP contribution in [0.4, 0.5) is 0 Å². The molecule has 2 atom stereocenters. The lowest BCUT2D eigenvalue weighted by Gasteiger charge is -2.22. The zero-order valence-corrected chi connectivity index (χ0v) is 10.9. The number of hydrogen-bond acceptors (Lipinski definition) is 2. The molecule has 1 fully saturated rings. The maximum atomic E-state index is 11.8. The number of halogens is 1. The molecule has 0 bridgehead atoms. The summed E-state index contributed by atoms with van der Waals surface area (Å²) in [4.78, 5) is 11.8. The van der Waals surface area contributed by atoms with E-state index in [1.807, 2.05) is 0 Å². The number of thioether (sulfide) groups is 1. The van der Waals surface area contributed by atoms with Crippen LogP contribution < -0.4 is 5.32 Å². The molecule has 2 unspecified atom stereocenters. The van der Waals surface area contributed by atoms with E-state index in [2.05, 4.69) is 12.2 Å². The van der Waals surface area contributed by atoms with Crippen molar-refractivity contribution in [3.8, 4) is 0 Å². The van der Waals surface area contributed by atoms with Gasteiger partial charge in [0.2, 0.25) is 5.91 Å². The van der Waals surface area contributed by atoms with E-state index in [4.69, 9.17) is 11.6 Å². The lowest BCUT2D eigenvalue weighted by molar-refractivity contribution is -0.121. The number of alkyl halides is 1. The van der Waals surface area contributed by atoms with Gasteiger partial charge in [-0.15, -0.1) is 23.4 Å². The molecule has 1 heterocycles. The first-order valence-corrected chi connectivity index (χ1v) is 7.30. The normalized spacial score (nSPS) is 23.5. The van der Waals surface area contributed by atoms with Gasteiger partial charge in [-0.25, -0.2) is 0 Å². The number of nitrogens with one attached hydrogen (secondary N) is 1. The third-order valence-corrected chi connectivity index (χ3v) is 4.28. The maximum Gasteiger partial charge on any atom is 0.233 e. The fraction of sp³-hybridized carbons (Fsp3) is 0.909. The quantitative estimate of drug-likeness (QED) is 0.760. The van der Waals surface area contributed by atoms with Gasteiger partial charge < -0.3 is 5.32 Å². The van der Waals surface area contributed by atoms with Crippen molar-refractivity contribution in [1.82, 2.24) is 5.32 Å². The van der Waals surface area contributed by atoms with E-state index >= 15 is 0 Å². The molecule has 1 rings (SSSR count). The van der Waals surface area contributed by atoms with Crippen LogP contribution in [-0.4, -0.2) is 28.8 Å². The Kier molecular flexibility index (Phi) is 6.50. The number of carbonyl (C=O) groups excluding carboxylic acids is 1. The van der Waals surface area contributed by atoms with Gasteiger partial charge in [0.1, 0.15) is 0 Å². The molecule has 0 aromatic heterocycles. The highest BCUT2D eigenvalue weighted by Crippen LogP contribution is 2.25. The average molecular weight is 250 g/mol. The molecule has 0 aromatic rings. The van der Waals surface area contributed by atoms with Gasteiger partial charge in [0, 0.05) is 11.9 Å². The van der Waals surface area contributed by atoms with Gasteiger partial charge in [0.05, 0.1) is 5.25 Å². The number of amides is 1. The highest BCUT2D eigenvalue weighted by Gasteiger charge is 2.22. The molecule has 0 spiro atoms. The van der Waals surface area contributed by atoms with Crippen molar-refractivity contribution in [1.29, 1.82) is 0 Å². The van der Waals surface area contributed by atoms with Crippen LogP contribution in [-0.2, 0) is 4.79 Å². The predicted molar refractivity (Wildman–Crippen MR) is 67.7 cm³/mol. The van der Waals surface area contributed by atoms with Crippen molar-refractivity contribution in [2.45, 2.75) is 50.3 Å². The molecule has 4 heteroatoms. The molecule has 88 valence electrons. The Hall–Kier alpha value is 0.110. The molecule has 1 N–H and O–H groups in total. The third-order valence-electron chi connectivity index (χ3n) is 2.63. The largest absolute Gasteiger partial charge is 0.353 e. The van der Waals surface area contributed by atoms with Crippen molar-refractivity contribution in [3.05, 3.63) is 0 Å². The fourth-order valence-electron chi connectivity index (χ4n) is 1.74. The summed E-state index contributed by atoms with van der Waals surface area (Å²) in [5.74, 6) is 2.04. The monoisotopic (exact) mass is 249 g/mol. The Balaban J connectivity index is 2.21. The minimum atomic E-state index is 0.192. The summed E-state index contributed by atoms with van der Waals surface area (Å²) < 4.78 is 0. The van der Waals surface area contributed by atoms with Crippen LogP contribution >= 0.6 is 23.4 Å². The molecule has 1 amide bonds. The molecule has 1 aliphatic heterocycles. The zero-order chi connectivity index (χ0) is 11.1. The van der Waals surface area contributed by atoms with E-state index in [0.717, 1.165) is 25.0 Å². The van der Waals surface area contributed by atoms with Gasteiger partial charge >= 0.3 is 0 Å². The van der Waals surface area contributed by atoms with Gasteiger partial charge in [0.25, 0.3) is 0 Å². The average Bonchev–Trinajstić information content (AvgIpc) is 2.27. The first kappa shape index (κ1) is 13.2. The Morgan fingerprint density at radius 2 is 2.40 bits per heavy atom. The van der Waals surface area contributed by atoms with Crippen molar-refractivity contribution in [3.63, 3.8) is 0 Å². The minimum Gasteiger partial charge on any atom is -0.353 e.